The van der Waals surface area contributed by atoms with Gasteiger partial charge in [0.05, 0.1) is 14.2 Å². The highest BCUT2D eigenvalue weighted by Crippen LogP contribution is 2.55. The van der Waals surface area contributed by atoms with Gasteiger partial charge >= 0.3 is 0 Å². The van der Waals surface area contributed by atoms with Crippen LogP contribution in [0.4, 0.5) is 0 Å². The lowest BCUT2D eigenvalue weighted by Crippen LogP contribution is -2.08. The van der Waals surface area contributed by atoms with E-state index in [0.29, 0.717) is 5.75 Å². The molecule has 1 aromatic carbocycles. The second-order valence-corrected chi connectivity index (χ2v) is 4.67. The third kappa shape index (κ3) is 1.79. The predicted molar refractivity (Wildman–Crippen MR) is 68.1 cm³/mol. The van der Waals surface area contributed by atoms with Gasteiger partial charge in [0.25, 0.3) is 0 Å². The SMILES string of the molecule is COc1c(C2(N=C=O)CC2)cc(C)c(C)c1OC. The van der Waals surface area contributed by atoms with E-state index in [1.807, 2.05) is 19.9 Å². The van der Waals surface area contributed by atoms with Crippen LogP contribution in [0.1, 0.15) is 29.5 Å². The first-order chi connectivity index (χ1) is 8.59. The van der Waals surface area contributed by atoms with Gasteiger partial charge in [-0.05, 0) is 43.9 Å². The quantitative estimate of drug-likeness (QED) is 0.607. The van der Waals surface area contributed by atoms with Gasteiger partial charge in [-0.2, -0.15) is 4.99 Å². The van der Waals surface area contributed by atoms with Crippen LogP contribution in [0, 0.1) is 13.8 Å². The summed E-state index contributed by atoms with van der Waals surface area (Å²) >= 11 is 0. The van der Waals surface area contributed by atoms with Gasteiger partial charge in [-0.25, -0.2) is 4.79 Å². The van der Waals surface area contributed by atoms with Crippen LogP contribution in [0.15, 0.2) is 11.1 Å². The lowest BCUT2D eigenvalue weighted by molar-refractivity contribution is 0.346. The third-order valence-corrected chi connectivity index (χ3v) is 3.64. The number of nitrogens with zero attached hydrogens (tertiary/aromatic N) is 1. The van der Waals surface area contributed by atoms with Crippen molar-refractivity contribution in [2.45, 2.75) is 32.2 Å². The van der Waals surface area contributed by atoms with E-state index in [1.165, 1.54) is 0 Å². The highest BCUT2D eigenvalue weighted by atomic mass is 16.5. The summed E-state index contributed by atoms with van der Waals surface area (Å²) < 4.78 is 10.9. The Balaban J connectivity index is 2.68. The van der Waals surface area contributed by atoms with Gasteiger partial charge in [0.2, 0.25) is 6.08 Å². The van der Waals surface area contributed by atoms with Crippen molar-refractivity contribution >= 4 is 6.08 Å². The summed E-state index contributed by atoms with van der Waals surface area (Å²) in [5, 5.41) is 0. The van der Waals surface area contributed by atoms with Crippen molar-refractivity contribution in [2.75, 3.05) is 14.2 Å². The van der Waals surface area contributed by atoms with Gasteiger partial charge in [-0.1, -0.05) is 0 Å². The Morgan fingerprint density at radius 2 is 1.83 bits per heavy atom. The van der Waals surface area contributed by atoms with Crippen molar-refractivity contribution in [1.82, 2.24) is 0 Å². The van der Waals surface area contributed by atoms with Crippen LogP contribution in [-0.4, -0.2) is 20.3 Å². The minimum absolute atomic E-state index is 0.446. The molecule has 0 radical (unpaired) electrons. The maximum atomic E-state index is 10.6. The van der Waals surface area contributed by atoms with Crippen LogP contribution in [0.25, 0.3) is 0 Å². The summed E-state index contributed by atoms with van der Waals surface area (Å²) in [5.41, 5.74) is 2.63. The summed E-state index contributed by atoms with van der Waals surface area (Å²) in [6, 6.07) is 2.03. The maximum Gasteiger partial charge on any atom is 0.235 e. The number of aliphatic imine (C=N–C) groups is 1. The number of aryl methyl sites for hydroxylation is 1. The molecule has 1 aliphatic carbocycles. The Morgan fingerprint density at radius 1 is 1.22 bits per heavy atom. The van der Waals surface area contributed by atoms with Crippen molar-refractivity contribution < 1.29 is 14.3 Å². The molecule has 1 fully saturated rings. The molecule has 0 amide bonds. The number of rotatable bonds is 4. The van der Waals surface area contributed by atoms with Gasteiger partial charge in [0.15, 0.2) is 11.5 Å². The monoisotopic (exact) mass is 247 g/mol. The van der Waals surface area contributed by atoms with Gasteiger partial charge in [-0.3, -0.25) is 0 Å². The Kier molecular flexibility index (Phi) is 3.14. The van der Waals surface area contributed by atoms with Gasteiger partial charge in [-0.15, -0.1) is 0 Å². The number of hydrogen-bond acceptors (Lipinski definition) is 4. The minimum atomic E-state index is -0.446. The van der Waals surface area contributed by atoms with E-state index in [9.17, 15) is 4.79 Å². The number of benzene rings is 1. The average molecular weight is 247 g/mol. The molecule has 2 rings (SSSR count). The molecule has 4 heteroatoms. The summed E-state index contributed by atoms with van der Waals surface area (Å²) in [5.74, 6) is 1.40. The normalized spacial score (nSPS) is 15.8. The molecule has 0 N–H and O–H groups in total. The first kappa shape index (κ1) is 12.7. The van der Waals surface area contributed by atoms with Crippen molar-refractivity contribution in [2.24, 2.45) is 4.99 Å². The van der Waals surface area contributed by atoms with E-state index < -0.39 is 5.54 Å². The molecule has 1 aromatic rings. The van der Waals surface area contributed by atoms with E-state index in [1.54, 1.807) is 20.3 Å². The second kappa shape index (κ2) is 4.46. The Hall–Kier alpha value is -1.80. The molecule has 18 heavy (non-hydrogen) atoms. The van der Waals surface area contributed by atoms with Crippen LogP contribution >= 0.6 is 0 Å². The fourth-order valence-corrected chi connectivity index (χ4v) is 2.30. The molecule has 0 aliphatic heterocycles. The van der Waals surface area contributed by atoms with Crippen LogP contribution < -0.4 is 9.47 Å². The van der Waals surface area contributed by atoms with Gasteiger partial charge < -0.3 is 9.47 Å². The number of hydrogen-bond donors (Lipinski definition) is 0. The van der Waals surface area contributed by atoms with Crippen molar-refractivity contribution in [3.8, 4) is 11.5 Å². The summed E-state index contributed by atoms with van der Waals surface area (Å²) in [7, 11) is 3.23. The van der Waals surface area contributed by atoms with Gasteiger partial charge in [0.1, 0.15) is 5.54 Å². The molecule has 0 atom stereocenters. The second-order valence-electron chi connectivity index (χ2n) is 4.67. The molecule has 1 saturated carbocycles. The molecule has 0 unspecified atom stereocenters. The van der Waals surface area contributed by atoms with Crippen LogP contribution in [0.3, 0.4) is 0 Å². The highest BCUT2D eigenvalue weighted by molar-refractivity contribution is 5.59. The van der Waals surface area contributed by atoms with Crippen molar-refractivity contribution in [3.63, 3.8) is 0 Å². The first-order valence-electron chi connectivity index (χ1n) is 5.91. The molecular weight excluding hydrogens is 230 g/mol. The zero-order valence-corrected chi connectivity index (χ0v) is 11.2. The molecule has 0 spiro atoms. The zero-order valence-electron chi connectivity index (χ0n) is 11.2. The first-order valence-corrected chi connectivity index (χ1v) is 5.91. The topological polar surface area (TPSA) is 47.9 Å². The molecule has 96 valence electrons. The molecule has 4 nitrogen and oxygen atoms in total. The molecule has 0 bridgehead atoms. The Morgan fingerprint density at radius 3 is 2.28 bits per heavy atom. The van der Waals surface area contributed by atoms with Crippen molar-refractivity contribution in [3.05, 3.63) is 22.8 Å². The minimum Gasteiger partial charge on any atom is -0.493 e. The van der Waals surface area contributed by atoms with E-state index in [-0.39, 0.29) is 0 Å². The predicted octanol–water partition coefficient (Wildman–Crippen LogP) is 2.65. The Labute approximate surface area is 107 Å². The van der Waals surface area contributed by atoms with Crippen molar-refractivity contribution in [1.29, 1.82) is 0 Å². The standard InChI is InChI=1S/C14H17NO3/c1-9-7-11(14(5-6-14)15-8-16)13(18-4)12(17-3)10(9)2/h7H,5-6H2,1-4H3. The highest BCUT2D eigenvalue weighted by Gasteiger charge is 2.47. The summed E-state index contributed by atoms with van der Waals surface area (Å²) in [6.45, 7) is 4.00. The zero-order chi connectivity index (χ0) is 13.3. The fourth-order valence-electron chi connectivity index (χ4n) is 2.30. The van der Waals surface area contributed by atoms with Crippen LogP contribution in [0.5, 0.6) is 11.5 Å². The number of isocyanates is 1. The smallest absolute Gasteiger partial charge is 0.235 e. The largest absolute Gasteiger partial charge is 0.493 e. The third-order valence-electron chi connectivity index (χ3n) is 3.64. The molecule has 0 saturated heterocycles. The molecular formula is C14H17NO3. The maximum absolute atomic E-state index is 10.6. The average Bonchev–Trinajstić information content (AvgIpc) is 3.13. The molecule has 0 aromatic heterocycles. The van der Waals surface area contributed by atoms with Gasteiger partial charge in [0, 0.05) is 5.56 Å². The van der Waals surface area contributed by atoms with E-state index in [2.05, 4.69) is 4.99 Å². The number of carbonyl (C=O) groups excluding carboxylic acids is 1. The summed E-state index contributed by atoms with van der Waals surface area (Å²) in [6.07, 6.45) is 3.37. The van der Waals surface area contributed by atoms with Crippen LogP contribution in [-0.2, 0) is 10.3 Å². The van der Waals surface area contributed by atoms with E-state index in [0.717, 1.165) is 35.3 Å². The molecule has 1 aliphatic rings. The number of ether oxygens (including phenoxy) is 2. The fraction of sp³-hybridized carbons (Fsp3) is 0.500. The van der Waals surface area contributed by atoms with E-state index in [4.69, 9.17) is 9.47 Å². The lowest BCUT2D eigenvalue weighted by atomic mass is 9.97. The Bertz CT molecular complexity index is 526. The van der Waals surface area contributed by atoms with E-state index >= 15 is 0 Å². The number of methoxy groups -OCH3 is 2. The van der Waals surface area contributed by atoms with Crippen LogP contribution in [0.2, 0.25) is 0 Å². The summed E-state index contributed by atoms with van der Waals surface area (Å²) in [4.78, 5) is 14.5. The lowest BCUT2D eigenvalue weighted by Gasteiger charge is -2.19. The molecule has 0 heterocycles.